The van der Waals surface area contributed by atoms with Crippen LogP contribution in [0.5, 0.6) is 0 Å². The van der Waals surface area contributed by atoms with Crippen molar-refractivity contribution in [3.63, 3.8) is 0 Å². The molecule has 0 aromatic heterocycles. The summed E-state index contributed by atoms with van der Waals surface area (Å²) in [5.41, 5.74) is 0.888. The van der Waals surface area contributed by atoms with Crippen molar-refractivity contribution in [3.05, 3.63) is 48.6 Å². The fraction of sp³-hybridized carbons (Fsp3) is 0.154. The van der Waals surface area contributed by atoms with Gasteiger partial charge in [0.1, 0.15) is 6.10 Å². The van der Waals surface area contributed by atoms with Gasteiger partial charge in [-0.3, -0.25) is 0 Å². The van der Waals surface area contributed by atoms with Crippen molar-refractivity contribution in [1.82, 2.24) is 0 Å². The number of esters is 1. The highest BCUT2D eigenvalue weighted by Gasteiger charge is 2.10. The molecular weight excluding hydrogens is 188 g/mol. The zero-order chi connectivity index (χ0) is 11.1. The third-order valence-corrected chi connectivity index (χ3v) is 1.80. The zero-order valence-corrected chi connectivity index (χ0v) is 8.57. The first-order chi connectivity index (χ1) is 7.27. The van der Waals surface area contributed by atoms with Gasteiger partial charge in [-0.05, 0) is 18.6 Å². The van der Waals surface area contributed by atoms with Crippen LogP contribution in [0.3, 0.4) is 0 Å². The third-order valence-electron chi connectivity index (χ3n) is 1.80. The Labute approximate surface area is 89.6 Å². The molecule has 0 N–H and O–H groups in total. The summed E-state index contributed by atoms with van der Waals surface area (Å²) in [4.78, 5) is 11.1. The lowest BCUT2D eigenvalue weighted by Gasteiger charge is -2.11. The molecule has 0 unspecified atom stereocenters. The van der Waals surface area contributed by atoms with E-state index in [1.165, 1.54) is 0 Å². The smallest absolute Gasteiger partial charge is 0.385 e. The van der Waals surface area contributed by atoms with Gasteiger partial charge in [-0.2, -0.15) is 0 Å². The molecule has 15 heavy (non-hydrogen) atoms. The second-order valence-electron chi connectivity index (χ2n) is 2.85. The zero-order valence-electron chi connectivity index (χ0n) is 8.57. The molecule has 0 bridgehead atoms. The first kappa shape index (κ1) is 11.1. The molecule has 0 aliphatic heterocycles. The highest BCUT2D eigenvalue weighted by Crippen LogP contribution is 2.17. The molecule has 0 saturated carbocycles. The molecule has 0 fully saturated rings. The number of benzene rings is 1. The molecule has 1 atom stereocenters. The molecule has 0 radical (unpaired) electrons. The number of hydrogen-bond acceptors (Lipinski definition) is 2. The summed E-state index contributed by atoms with van der Waals surface area (Å²) in [7, 11) is 0. The van der Waals surface area contributed by atoms with Crippen LogP contribution in [-0.2, 0) is 9.53 Å². The van der Waals surface area contributed by atoms with Crippen molar-refractivity contribution in [2.24, 2.45) is 0 Å². The Morgan fingerprint density at radius 2 is 2.13 bits per heavy atom. The Balaban J connectivity index is 2.76. The SMILES string of the molecule is C=C[C@H](OC(=O)C#CC)c1ccccc1. The fourth-order valence-corrected chi connectivity index (χ4v) is 1.14. The number of carbonyl (C=O) groups is 1. The number of hydrogen-bond donors (Lipinski definition) is 0. The largest absolute Gasteiger partial charge is 0.444 e. The minimum absolute atomic E-state index is 0.431. The standard InChI is InChI=1S/C13H12O2/c1-3-8-13(14)15-12(4-2)11-9-6-5-7-10-11/h4-7,9-10,12H,2H2,1H3/t12-/m0/s1. The van der Waals surface area contributed by atoms with E-state index in [0.717, 1.165) is 5.56 Å². The van der Waals surface area contributed by atoms with Crippen molar-refractivity contribution in [2.45, 2.75) is 13.0 Å². The molecule has 0 heterocycles. The van der Waals surface area contributed by atoms with Crippen molar-refractivity contribution >= 4 is 5.97 Å². The quantitative estimate of drug-likeness (QED) is 0.324. The van der Waals surface area contributed by atoms with Gasteiger partial charge in [-0.15, -0.1) is 0 Å². The molecule has 76 valence electrons. The molecule has 0 saturated heterocycles. The van der Waals surface area contributed by atoms with Gasteiger partial charge in [-0.25, -0.2) is 4.79 Å². The van der Waals surface area contributed by atoms with E-state index >= 15 is 0 Å². The average Bonchev–Trinajstić information content (AvgIpc) is 2.27. The summed E-state index contributed by atoms with van der Waals surface area (Å²) in [5, 5.41) is 0. The minimum Gasteiger partial charge on any atom is -0.444 e. The normalized spacial score (nSPS) is 10.7. The number of ether oxygens (including phenoxy) is 1. The summed E-state index contributed by atoms with van der Waals surface area (Å²) < 4.78 is 5.10. The van der Waals surface area contributed by atoms with Crippen LogP contribution < -0.4 is 0 Å². The van der Waals surface area contributed by atoms with Crippen LogP contribution in [0.1, 0.15) is 18.6 Å². The van der Waals surface area contributed by atoms with Gasteiger partial charge in [0, 0.05) is 5.92 Å². The van der Waals surface area contributed by atoms with Crippen LogP contribution in [0, 0.1) is 11.8 Å². The maximum absolute atomic E-state index is 11.1. The third kappa shape index (κ3) is 3.32. The van der Waals surface area contributed by atoms with Gasteiger partial charge in [0.15, 0.2) is 0 Å². The topological polar surface area (TPSA) is 26.3 Å². The summed E-state index contributed by atoms with van der Waals surface area (Å²) in [6.07, 6.45) is 1.14. The van der Waals surface area contributed by atoms with Crippen molar-refractivity contribution in [2.75, 3.05) is 0 Å². The predicted molar refractivity (Wildman–Crippen MR) is 58.9 cm³/mol. The lowest BCUT2D eigenvalue weighted by Crippen LogP contribution is -2.07. The Morgan fingerprint density at radius 3 is 2.67 bits per heavy atom. The van der Waals surface area contributed by atoms with Crippen LogP contribution in [-0.4, -0.2) is 5.97 Å². The highest BCUT2D eigenvalue weighted by molar-refractivity contribution is 5.88. The van der Waals surface area contributed by atoms with Crippen molar-refractivity contribution in [1.29, 1.82) is 0 Å². The van der Waals surface area contributed by atoms with Crippen molar-refractivity contribution in [3.8, 4) is 11.8 Å². The van der Waals surface area contributed by atoms with Crippen LogP contribution in [0.2, 0.25) is 0 Å². The van der Waals surface area contributed by atoms with Crippen LogP contribution in [0.15, 0.2) is 43.0 Å². The molecule has 0 aliphatic rings. The van der Waals surface area contributed by atoms with E-state index in [2.05, 4.69) is 18.4 Å². The second kappa shape index (κ2) is 5.66. The molecule has 0 spiro atoms. The summed E-state index contributed by atoms with van der Waals surface area (Å²) >= 11 is 0. The first-order valence-corrected chi connectivity index (χ1v) is 4.58. The summed E-state index contributed by atoms with van der Waals surface area (Å²) in [6, 6.07) is 9.41. The van der Waals surface area contributed by atoms with Gasteiger partial charge in [0.25, 0.3) is 0 Å². The Hall–Kier alpha value is -2.01. The van der Waals surface area contributed by atoms with Crippen LogP contribution >= 0.6 is 0 Å². The van der Waals surface area contributed by atoms with Crippen LogP contribution in [0.4, 0.5) is 0 Å². The van der Waals surface area contributed by atoms with E-state index in [1.807, 2.05) is 30.3 Å². The van der Waals surface area contributed by atoms with E-state index < -0.39 is 12.1 Å². The molecule has 0 aliphatic carbocycles. The molecule has 0 amide bonds. The van der Waals surface area contributed by atoms with Gasteiger partial charge < -0.3 is 4.74 Å². The minimum atomic E-state index is -0.536. The maximum atomic E-state index is 11.1. The van der Waals surface area contributed by atoms with Gasteiger partial charge in [0.05, 0.1) is 0 Å². The van der Waals surface area contributed by atoms with Crippen molar-refractivity contribution < 1.29 is 9.53 Å². The molecule has 2 heteroatoms. The van der Waals surface area contributed by atoms with E-state index in [1.54, 1.807) is 13.0 Å². The Bertz CT molecular complexity index is 396. The molecule has 1 aromatic rings. The summed E-state index contributed by atoms with van der Waals surface area (Å²) in [6.45, 7) is 5.22. The highest BCUT2D eigenvalue weighted by atomic mass is 16.5. The molecular formula is C13H12O2. The monoisotopic (exact) mass is 200 g/mol. The van der Waals surface area contributed by atoms with Gasteiger partial charge in [0.2, 0.25) is 0 Å². The molecule has 1 rings (SSSR count). The fourth-order valence-electron chi connectivity index (χ4n) is 1.14. The number of rotatable bonds is 3. The lowest BCUT2D eigenvalue weighted by atomic mass is 10.1. The van der Waals surface area contributed by atoms with Crippen LogP contribution in [0.25, 0.3) is 0 Å². The second-order valence-corrected chi connectivity index (χ2v) is 2.85. The summed E-state index contributed by atoms with van der Waals surface area (Å²) in [5.74, 6) is 4.27. The van der Waals surface area contributed by atoms with Gasteiger partial charge >= 0.3 is 5.97 Å². The molecule has 2 nitrogen and oxygen atoms in total. The predicted octanol–water partition coefficient (Wildman–Crippen LogP) is 2.48. The lowest BCUT2D eigenvalue weighted by molar-refractivity contribution is -0.140. The average molecular weight is 200 g/mol. The first-order valence-electron chi connectivity index (χ1n) is 4.58. The van der Waals surface area contributed by atoms with E-state index in [-0.39, 0.29) is 0 Å². The Morgan fingerprint density at radius 1 is 1.47 bits per heavy atom. The van der Waals surface area contributed by atoms with Gasteiger partial charge in [-0.1, -0.05) is 42.8 Å². The molecule has 1 aromatic carbocycles. The Kier molecular flexibility index (Phi) is 4.18. The van der Waals surface area contributed by atoms with E-state index in [0.29, 0.717) is 0 Å². The van der Waals surface area contributed by atoms with E-state index in [9.17, 15) is 4.79 Å². The van der Waals surface area contributed by atoms with E-state index in [4.69, 9.17) is 4.74 Å². The number of carbonyl (C=O) groups excluding carboxylic acids is 1. The maximum Gasteiger partial charge on any atom is 0.385 e.